The molecule has 0 N–H and O–H groups in total. The van der Waals surface area contributed by atoms with E-state index in [4.69, 9.17) is 9.78 Å². The van der Waals surface area contributed by atoms with Crippen LogP contribution < -0.4 is 0 Å². The van der Waals surface area contributed by atoms with E-state index in [2.05, 4.69) is 40.5 Å². The van der Waals surface area contributed by atoms with E-state index >= 15 is 0 Å². The smallest absolute Gasteiger partial charge is 0.257 e. The maximum Gasteiger partial charge on any atom is 0.257 e. The molecule has 0 saturated carbocycles. The molecule has 2 heterocycles. The molecule has 1 unspecified atom stereocenters. The number of carbonyl (C=O) groups excluding carboxylic acids is 1. The number of carbonyl (C=O) groups is 1. The molecular formula is C21H18N4O2S. The molecule has 2 aromatic carbocycles. The van der Waals surface area contributed by atoms with Gasteiger partial charge in [0.05, 0.1) is 11.6 Å². The van der Waals surface area contributed by atoms with Crippen molar-refractivity contribution in [2.24, 2.45) is 0 Å². The number of benzene rings is 2. The Hall–Kier alpha value is -3.11. The molecule has 1 amide bonds. The second-order valence-corrected chi connectivity index (χ2v) is 7.55. The van der Waals surface area contributed by atoms with Crippen LogP contribution in [0.15, 0.2) is 57.9 Å². The van der Waals surface area contributed by atoms with Crippen molar-refractivity contribution in [3.05, 3.63) is 65.5 Å². The van der Waals surface area contributed by atoms with Gasteiger partial charge < -0.3 is 9.42 Å². The molecule has 0 spiro atoms. The number of likely N-dealkylation sites (tertiary alicyclic amines) is 1. The summed E-state index contributed by atoms with van der Waals surface area (Å²) >= 11 is 1.70. The van der Waals surface area contributed by atoms with Gasteiger partial charge in [0, 0.05) is 35.9 Å². The number of amides is 1. The van der Waals surface area contributed by atoms with Crippen molar-refractivity contribution >= 4 is 17.7 Å². The van der Waals surface area contributed by atoms with Crippen molar-refractivity contribution < 1.29 is 9.32 Å². The molecule has 0 bridgehead atoms. The summed E-state index contributed by atoms with van der Waals surface area (Å²) in [5.41, 5.74) is 2.34. The first kappa shape index (κ1) is 18.3. The van der Waals surface area contributed by atoms with Crippen molar-refractivity contribution in [1.82, 2.24) is 15.0 Å². The standard InChI is InChI=1S/C21H18N4O2S/c1-28-18-7-5-14(6-8-18)12-25-13-17(10-19(25)26)20-23-21(27-24-20)16-4-2-3-15(9-16)11-22/h2-9,17H,10,12-13H2,1H3. The van der Waals surface area contributed by atoms with Gasteiger partial charge in [0.1, 0.15) is 0 Å². The molecule has 1 atom stereocenters. The summed E-state index contributed by atoms with van der Waals surface area (Å²) in [6, 6.07) is 17.4. The number of hydrogen-bond acceptors (Lipinski definition) is 6. The highest BCUT2D eigenvalue weighted by Gasteiger charge is 2.33. The van der Waals surface area contributed by atoms with E-state index in [0.29, 0.717) is 42.4 Å². The van der Waals surface area contributed by atoms with Crippen LogP contribution >= 0.6 is 11.8 Å². The van der Waals surface area contributed by atoms with Crippen LogP contribution in [-0.2, 0) is 11.3 Å². The molecule has 6 nitrogen and oxygen atoms in total. The van der Waals surface area contributed by atoms with Crippen LogP contribution in [0, 0.1) is 11.3 Å². The van der Waals surface area contributed by atoms with E-state index in [-0.39, 0.29) is 11.8 Å². The van der Waals surface area contributed by atoms with Crippen LogP contribution in [0.3, 0.4) is 0 Å². The van der Waals surface area contributed by atoms with E-state index < -0.39 is 0 Å². The Morgan fingerprint density at radius 1 is 1.29 bits per heavy atom. The zero-order valence-corrected chi connectivity index (χ0v) is 16.1. The molecule has 4 rings (SSSR count). The van der Waals surface area contributed by atoms with Gasteiger partial charge in [-0.15, -0.1) is 11.8 Å². The summed E-state index contributed by atoms with van der Waals surface area (Å²) in [7, 11) is 0. The lowest BCUT2D eigenvalue weighted by atomic mass is 10.1. The van der Waals surface area contributed by atoms with Crippen LogP contribution in [0.5, 0.6) is 0 Å². The van der Waals surface area contributed by atoms with Crippen LogP contribution in [0.1, 0.15) is 29.3 Å². The third-order valence-electron chi connectivity index (χ3n) is 4.79. The van der Waals surface area contributed by atoms with Crippen LogP contribution in [0.4, 0.5) is 0 Å². The highest BCUT2D eigenvalue weighted by atomic mass is 32.2. The minimum absolute atomic E-state index is 0.0883. The second-order valence-electron chi connectivity index (χ2n) is 6.67. The second kappa shape index (κ2) is 7.87. The predicted octanol–water partition coefficient (Wildman–Crippen LogP) is 3.85. The molecule has 28 heavy (non-hydrogen) atoms. The first-order chi connectivity index (χ1) is 13.7. The Bertz CT molecular complexity index is 1040. The first-order valence-electron chi connectivity index (χ1n) is 8.91. The lowest BCUT2D eigenvalue weighted by Crippen LogP contribution is -2.24. The number of hydrogen-bond donors (Lipinski definition) is 0. The number of thioether (sulfide) groups is 1. The monoisotopic (exact) mass is 390 g/mol. The maximum absolute atomic E-state index is 12.4. The molecule has 1 aliphatic heterocycles. The molecule has 0 radical (unpaired) electrons. The van der Waals surface area contributed by atoms with Gasteiger partial charge in [-0.1, -0.05) is 23.4 Å². The number of nitriles is 1. The van der Waals surface area contributed by atoms with Gasteiger partial charge >= 0.3 is 0 Å². The molecule has 7 heteroatoms. The molecule has 1 saturated heterocycles. The lowest BCUT2D eigenvalue weighted by Gasteiger charge is -2.16. The normalized spacial score (nSPS) is 16.4. The van der Waals surface area contributed by atoms with Crippen molar-refractivity contribution in [3.63, 3.8) is 0 Å². The van der Waals surface area contributed by atoms with Crippen molar-refractivity contribution in [1.29, 1.82) is 5.26 Å². The summed E-state index contributed by atoms with van der Waals surface area (Å²) in [5, 5.41) is 13.1. The number of nitrogens with zero attached hydrogens (tertiary/aromatic N) is 4. The van der Waals surface area contributed by atoms with Crippen molar-refractivity contribution in [2.45, 2.75) is 23.8 Å². The van der Waals surface area contributed by atoms with Crippen molar-refractivity contribution in [3.8, 4) is 17.5 Å². The van der Waals surface area contributed by atoms with E-state index in [1.807, 2.05) is 17.2 Å². The Morgan fingerprint density at radius 2 is 2.11 bits per heavy atom. The zero-order chi connectivity index (χ0) is 19.5. The van der Waals surface area contributed by atoms with Gasteiger partial charge in [0.25, 0.3) is 5.89 Å². The minimum atomic E-state index is -0.0883. The Balaban J connectivity index is 1.46. The summed E-state index contributed by atoms with van der Waals surface area (Å²) < 4.78 is 5.37. The van der Waals surface area contributed by atoms with Gasteiger partial charge in [0.2, 0.25) is 5.91 Å². The van der Waals surface area contributed by atoms with E-state index in [1.54, 1.807) is 30.0 Å². The van der Waals surface area contributed by atoms with Crippen LogP contribution in [0.2, 0.25) is 0 Å². The Kier molecular flexibility index (Phi) is 5.13. The van der Waals surface area contributed by atoms with E-state index in [9.17, 15) is 4.79 Å². The third kappa shape index (κ3) is 3.78. The Labute approximate surface area is 167 Å². The van der Waals surface area contributed by atoms with E-state index in [0.717, 1.165) is 5.56 Å². The first-order valence-corrected chi connectivity index (χ1v) is 10.1. The third-order valence-corrected chi connectivity index (χ3v) is 5.54. The predicted molar refractivity (Wildman–Crippen MR) is 105 cm³/mol. The van der Waals surface area contributed by atoms with E-state index in [1.165, 1.54) is 4.90 Å². The molecule has 1 aliphatic rings. The minimum Gasteiger partial charge on any atom is -0.338 e. The Morgan fingerprint density at radius 3 is 2.86 bits per heavy atom. The molecule has 1 fully saturated rings. The number of aromatic nitrogens is 2. The average Bonchev–Trinajstić information content (AvgIpc) is 3.36. The quantitative estimate of drug-likeness (QED) is 0.616. The van der Waals surface area contributed by atoms with Gasteiger partial charge in [-0.25, -0.2) is 0 Å². The van der Waals surface area contributed by atoms with Crippen LogP contribution in [-0.4, -0.2) is 33.7 Å². The van der Waals surface area contributed by atoms with Gasteiger partial charge in [-0.2, -0.15) is 10.2 Å². The highest BCUT2D eigenvalue weighted by molar-refractivity contribution is 7.98. The summed E-state index contributed by atoms with van der Waals surface area (Å²) in [4.78, 5) is 20.0. The van der Waals surface area contributed by atoms with Crippen molar-refractivity contribution in [2.75, 3.05) is 12.8 Å². The summed E-state index contributed by atoms with van der Waals surface area (Å²) in [6.45, 7) is 1.15. The topological polar surface area (TPSA) is 83.0 Å². The lowest BCUT2D eigenvalue weighted by molar-refractivity contribution is -0.128. The van der Waals surface area contributed by atoms with Gasteiger partial charge in [-0.3, -0.25) is 4.79 Å². The SMILES string of the molecule is CSc1ccc(CN2CC(c3noc(-c4cccc(C#N)c4)n3)CC2=O)cc1. The van der Waals surface area contributed by atoms with Crippen LogP contribution in [0.25, 0.3) is 11.5 Å². The summed E-state index contributed by atoms with van der Waals surface area (Å²) in [5.74, 6) is 0.906. The van der Waals surface area contributed by atoms with Gasteiger partial charge in [0.15, 0.2) is 5.82 Å². The fourth-order valence-electron chi connectivity index (χ4n) is 3.29. The van der Waals surface area contributed by atoms with Gasteiger partial charge in [-0.05, 0) is 42.2 Å². The fraction of sp³-hybridized carbons (Fsp3) is 0.238. The molecular weight excluding hydrogens is 372 g/mol. The fourth-order valence-corrected chi connectivity index (χ4v) is 3.70. The molecule has 0 aliphatic carbocycles. The largest absolute Gasteiger partial charge is 0.338 e. The highest BCUT2D eigenvalue weighted by Crippen LogP contribution is 2.29. The summed E-state index contributed by atoms with van der Waals surface area (Å²) in [6.07, 6.45) is 2.42. The zero-order valence-electron chi connectivity index (χ0n) is 15.3. The average molecular weight is 390 g/mol. The molecule has 140 valence electrons. The number of rotatable bonds is 5. The molecule has 3 aromatic rings. The molecule has 1 aromatic heterocycles. The maximum atomic E-state index is 12.4.